The number of hydrogen-bond acceptors (Lipinski definition) is 5. The van der Waals surface area contributed by atoms with Gasteiger partial charge in [0.2, 0.25) is 0 Å². The fourth-order valence-electron chi connectivity index (χ4n) is 5.15. The molecule has 1 amide bonds. The van der Waals surface area contributed by atoms with E-state index in [4.69, 9.17) is 14.2 Å². The minimum atomic E-state index is -0.377. The van der Waals surface area contributed by atoms with Gasteiger partial charge in [-0.2, -0.15) is 0 Å². The number of nitrogens with zero attached hydrogens (tertiary/aromatic N) is 1. The molecule has 44 heavy (non-hydrogen) atoms. The molecule has 3 aromatic rings. The van der Waals surface area contributed by atoms with Crippen LogP contribution >= 0.6 is 0 Å². The third-order valence-corrected chi connectivity index (χ3v) is 8.06. The van der Waals surface area contributed by atoms with Gasteiger partial charge in [-0.05, 0) is 68.8 Å². The summed E-state index contributed by atoms with van der Waals surface area (Å²) in [5.74, 6) is 0.792. The van der Waals surface area contributed by atoms with E-state index in [1.54, 1.807) is 37.4 Å². The van der Waals surface area contributed by atoms with Crippen molar-refractivity contribution in [2.75, 3.05) is 45.3 Å². The number of methoxy groups -OCH3 is 1. The summed E-state index contributed by atoms with van der Waals surface area (Å²) in [4.78, 5) is 25.8. The Hall–Kier alpha value is -3.36. The Labute approximate surface area is 274 Å². The van der Waals surface area contributed by atoms with E-state index in [1.807, 2.05) is 30.3 Å². The molecule has 8 heteroatoms. The van der Waals surface area contributed by atoms with Gasteiger partial charge in [-0.3, -0.25) is 4.79 Å². The second-order valence-electron chi connectivity index (χ2n) is 11.0. The highest BCUT2D eigenvalue weighted by Gasteiger charge is 2.25. The number of carbonyl (C=O) groups excluding carboxylic acids is 2. The van der Waals surface area contributed by atoms with Crippen molar-refractivity contribution in [2.24, 2.45) is 0 Å². The van der Waals surface area contributed by atoms with Crippen LogP contribution < -0.4 is 31.8 Å². The number of quaternary nitrogens is 1. The molecule has 0 heterocycles. The summed E-state index contributed by atoms with van der Waals surface area (Å²) in [7, 11) is 1.67. The Morgan fingerprint density at radius 3 is 2.20 bits per heavy atom. The number of benzene rings is 3. The molecule has 0 saturated carbocycles. The minimum absolute atomic E-state index is 0. The average molecular weight is 670 g/mol. The largest absolute Gasteiger partial charge is 1.00 e. The first kappa shape index (κ1) is 36.8. The number of rotatable bonds is 19. The van der Waals surface area contributed by atoms with Crippen molar-refractivity contribution >= 4 is 17.6 Å². The molecule has 0 bridgehead atoms. The number of halogens is 1. The number of ether oxygens (including phenoxy) is 3. The maximum atomic E-state index is 13.0. The highest BCUT2D eigenvalue weighted by molar-refractivity contribution is 6.06. The quantitative estimate of drug-likeness (QED) is 0.112. The van der Waals surface area contributed by atoms with Crippen LogP contribution in [0.2, 0.25) is 0 Å². The Morgan fingerprint density at radius 1 is 0.795 bits per heavy atom. The van der Waals surface area contributed by atoms with Gasteiger partial charge in [0.15, 0.2) is 0 Å². The second-order valence-corrected chi connectivity index (χ2v) is 11.0. The van der Waals surface area contributed by atoms with E-state index in [0.29, 0.717) is 42.3 Å². The van der Waals surface area contributed by atoms with Crippen molar-refractivity contribution in [3.8, 4) is 11.5 Å². The van der Waals surface area contributed by atoms with Crippen LogP contribution in [0.1, 0.15) is 85.6 Å². The number of likely N-dealkylation sites (N-methyl/N-ethyl adjacent to an activating group) is 1. The van der Waals surface area contributed by atoms with Gasteiger partial charge in [-0.1, -0.05) is 63.3 Å². The summed E-state index contributed by atoms with van der Waals surface area (Å²) < 4.78 is 17.8. The summed E-state index contributed by atoms with van der Waals surface area (Å²) in [6.45, 7) is 10.8. The van der Waals surface area contributed by atoms with Gasteiger partial charge in [0.05, 0.1) is 37.9 Å². The number of amides is 1. The van der Waals surface area contributed by atoms with E-state index in [9.17, 15) is 9.59 Å². The first-order chi connectivity index (χ1) is 20.9. The summed E-state index contributed by atoms with van der Waals surface area (Å²) in [5.41, 5.74) is 2.72. The predicted octanol–water partition coefficient (Wildman–Crippen LogP) is 4.90. The van der Waals surface area contributed by atoms with E-state index < -0.39 is 0 Å². The number of unbranched alkanes of at least 4 members (excludes halogenated alkanes) is 5. The van der Waals surface area contributed by atoms with E-state index in [2.05, 4.69) is 38.2 Å². The van der Waals surface area contributed by atoms with Gasteiger partial charge in [0.25, 0.3) is 5.91 Å². The third kappa shape index (κ3) is 11.6. The number of hydrogen-bond donors (Lipinski definition) is 1. The van der Waals surface area contributed by atoms with E-state index in [-0.39, 0.29) is 28.9 Å². The molecule has 0 aliphatic heterocycles. The Balaban J connectivity index is 0.00000675. The molecular weight excluding hydrogens is 620 g/mol. The predicted molar refractivity (Wildman–Crippen MR) is 173 cm³/mol. The molecule has 3 aromatic carbocycles. The van der Waals surface area contributed by atoms with Crippen LogP contribution in [0.3, 0.4) is 0 Å². The highest BCUT2D eigenvalue weighted by Crippen LogP contribution is 2.22. The van der Waals surface area contributed by atoms with Crippen LogP contribution in [0, 0.1) is 0 Å². The van der Waals surface area contributed by atoms with Crippen LogP contribution in [0.5, 0.6) is 11.5 Å². The first-order valence-electron chi connectivity index (χ1n) is 15.7. The molecule has 0 spiro atoms. The van der Waals surface area contributed by atoms with Crippen molar-refractivity contribution in [3.63, 3.8) is 0 Å². The van der Waals surface area contributed by atoms with Crippen LogP contribution in [0.4, 0.5) is 5.69 Å². The van der Waals surface area contributed by atoms with Crippen LogP contribution in [0.15, 0.2) is 72.8 Å². The zero-order valence-electron chi connectivity index (χ0n) is 26.8. The Kier molecular flexibility index (Phi) is 16.6. The normalized spacial score (nSPS) is 10.9. The Bertz CT molecular complexity index is 1280. The van der Waals surface area contributed by atoms with Gasteiger partial charge < -0.3 is 41.0 Å². The molecule has 0 saturated heterocycles. The molecular formula is C36H49BrN2O5. The molecule has 3 rings (SSSR count). The van der Waals surface area contributed by atoms with Crippen molar-refractivity contribution < 1.29 is 45.3 Å². The maximum absolute atomic E-state index is 13.0. The summed E-state index contributed by atoms with van der Waals surface area (Å²) in [5, 5.41) is 2.92. The van der Waals surface area contributed by atoms with Gasteiger partial charge in [0.1, 0.15) is 31.2 Å². The number of esters is 1. The van der Waals surface area contributed by atoms with Crippen molar-refractivity contribution in [2.45, 2.75) is 65.8 Å². The zero-order valence-corrected chi connectivity index (χ0v) is 28.4. The van der Waals surface area contributed by atoms with Crippen molar-refractivity contribution in [1.29, 1.82) is 0 Å². The summed E-state index contributed by atoms with van der Waals surface area (Å²) in [6, 6.07) is 22.2. The molecule has 0 radical (unpaired) electrons. The molecule has 0 aromatic heterocycles. The van der Waals surface area contributed by atoms with Gasteiger partial charge >= 0.3 is 5.97 Å². The van der Waals surface area contributed by atoms with Gasteiger partial charge in [-0.15, -0.1) is 0 Å². The Morgan fingerprint density at radius 2 is 1.50 bits per heavy atom. The lowest BCUT2D eigenvalue weighted by Gasteiger charge is -2.36. The SMILES string of the molecule is CCCCCCCCOc1ccccc1C(=O)Nc1ccc(C(=O)OCC[N+](CC)(CC)Cc2cccc(OC)c2)cc1.[Br-]. The molecule has 0 atom stereocenters. The van der Waals surface area contributed by atoms with Crippen molar-refractivity contribution in [1.82, 2.24) is 0 Å². The molecule has 1 N–H and O–H groups in total. The third-order valence-electron chi connectivity index (χ3n) is 8.06. The standard InChI is InChI=1S/C36H48N2O5.BrH/c1-5-8-9-10-11-14-25-42-34-19-13-12-18-33(34)35(39)37-31-22-20-30(21-23-31)36(40)43-26-24-38(6-2,7-3)28-29-16-15-17-32(27-29)41-4;/h12-13,15-23,27H,5-11,14,24-26,28H2,1-4H3;1H. The van der Waals surface area contributed by atoms with E-state index in [1.165, 1.54) is 31.2 Å². The molecule has 0 aliphatic carbocycles. The van der Waals surface area contributed by atoms with Gasteiger partial charge in [-0.25, -0.2) is 4.79 Å². The monoisotopic (exact) mass is 668 g/mol. The van der Waals surface area contributed by atoms with Crippen LogP contribution in [-0.2, 0) is 11.3 Å². The highest BCUT2D eigenvalue weighted by atomic mass is 79.9. The summed E-state index contributed by atoms with van der Waals surface area (Å²) in [6.07, 6.45) is 7.07. The molecule has 0 aliphatic rings. The van der Waals surface area contributed by atoms with Crippen LogP contribution in [-0.4, -0.2) is 56.3 Å². The van der Waals surface area contributed by atoms with Gasteiger partial charge in [0, 0.05) is 11.3 Å². The molecule has 240 valence electrons. The number of anilines is 1. The lowest BCUT2D eigenvalue weighted by molar-refractivity contribution is -0.937. The number of carbonyl (C=O) groups is 2. The minimum Gasteiger partial charge on any atom is -1.00 e. The second kappa shape index (κ2) is 19.8. The first-order valence-corrected chi connectivity index (χ1v) is 15.7. The smallest absolute Gasteiger partial charge is 0.338 e. The molecule has 0 unspecified atom stereocenters. The zero-order chi connectivity index (χ0) is 30.9. The molecule has 7 nitrogen and oxygen atoms in total. The van der Waals surface area contributed by atoms with Crippen LogP contribution in [0.25, 0.3) is 0 Å². The fourth-order valence-corrected chi connectivity index (χ4v) is 5.15. The molecule has 0 fully saturated rings. The summed E-state index contributed by atoms with van der Waals surface area (Å²) >= 11 is 0. The number of para-hydroxylation sites is 1. The average Bonchev–Trinajstić information content (AvgIpc) is 3.04. The maximum Gasteiger partial charge on any atom is 0.338 e. The van der Waals surface area contributed by atoms with E-state index in [0.717, 1.165) is 42.7 Å². The lowest BCUT2D eigenvalue weighted by atomic mass is 10.1. The topological polar surface area (TPSA) is 73.9 Å². The van der Waals surface area contributed by atoms with Crippen molar-refractivity contribution in [3.05, 3.63) is 89.5 Å². The lowest BCUT2D eigenvalue weighted by Crippen LogP contribution is -3.00. The van der Waals surface area contributed by atoms with E-state index >= 15 is 0 Å². The number of nitrogens with one attached hydrogen (secondary N) is 1. The fraction of sp³-hybridized carbons (Fsp3) is 0.444.